The van der Waals surface area contributed by atoms with E-state index in [2.05, 4.69) is 33.0 Å². The maximum atomic E-state index is 9.04. The van der Waals surface area contributed by atoms with Gasteiger partial charge in [-0.2, -0.15) is 0 Å². The van der Waals surface area contributed by atoms with E-state index in [9.17, 15) is 0 Å². The van der Waals surface area contributed by atoms with Crippen LogP contribution < -0.4 is 5.32 Å². The van der Waals surface area contributed by atoms with Crippen LogP contribution in [0, 0.1) is 5.92 Å². The van der Waals surface area contributed by atoms with E-state index in [-0.39, 0.29) is 6.61 Å². The average molecular weight is 201 g/mol. The zero-order valence-corrected chi connectivity index (χ0v) is 10.2. The van der Waals surface area contributed by atoms with E-state index in [0.29, 0.717) is 18.0 Å². The second-order valence-corrected chi connectivity index (χ2v) is 4.39. The Kier molecular flexibility index (Phi) is 8.20. The quantitative estimate of drug-likeness (QED) is 0.632. The van der Waals surface area contributed by atoms with Crippen LogP contribution in [0.1, 0.15) is 53.4 Å². The van der Waals surface area contributed by atoms with Gasteiger partial charge in [0.05, 0.1) is 0 Å². The fraction of sp³-hybridized carbons (Fsp3) is 1.00. The highest BCUT2D eigenvalue weighted by Crippen LogP contribution is 2.09. The van der Waals surface area contributed by atoms with Crippen LogP contribution in [0.4, 0.5) is 0 Å². The van der Waals surface area contributed by atoms with Crippen LogP contribution in [0.3, 0.4) is 0 Å². The Labute approximate surface area is 89.1 Å². The van der Waals surface area contributed by atoms with Gasteiger partial charge in [0.2, 0.25) is 0 Å². The summed E-state index contributed by atoms with van der Waals surface area (Å²) in [6.07, 6.45) is 4.96. The van der Waals surface area contributed by atoms with Gasteiger partial charge in [0, 0.05) is 18.7 Å². The summed E-state index contributed by atoms with van der Waals surface area (Å²) < 4.78 is 0. The summed E-state index contributed by atoms with van der Waals surface area (Å²) in [4.78, 5) is 0. The number of hydrogen-bond acceptors (Lipinski definition) is 2. The molecule has 2 heteroatoms. The molecule has 0 bridgehead atoms. The number of rotatable bonds is 8. The van der Waals surface area contributed by atoms with E-state index in [0.717, 1.165) is 0 Å². The second-order valence-electron chi connectivity index (χ2n) is 4.39. The monoisotopic (exact) mass is 201 g/mol. The van der Waals surface area contributed by atoms with Crippen LogP contribution in [0.2, 0.25) is 0 Å². The molecule has 0 amide bonds. The first kappa shape index (κ1) is 13.9. The highest BCUT2D eigenvalue weighted by molar-refractivity contribution is 4.74. The molecule has 0 saturated carbocycles. The van der Waals surface area contributed by atoms with Crippen molar-refractivity contribution in [2.75, 3.05) is 6.61 Å². The molecule has 2 unspecified atom stereocenters. The number of aliphatic hydroxyl groups excluding tert-OH is 1. The second kappa shape index (κ2) is 8.25. The van der Waals surface area contributed by atoms with Gasteiger partial charge >= 0.3 is 0 Å². The first-order valence-electron chi connectivity index (χ1n) is 6.02. The van der Waals surface area contributed by atoms with Gasteiger partial charge in [-0.25, -0.2) is 0 Å². The lowest BCUT2D eigenvalue weighted by molar-refractivity contribution is 0.198. The van der Waals surface area contributed by atoms with E-state index in [1.54, 1.807) is 0 Å². The molecule has 0 aliphatic rings. The minimum Gasteiger partial charge on any atom is -0.396 e. The molecule has 0 heterocycles. The summed E-state index contributed by atoms with van der Waals surface area (Å²) in [7, 11) is 0. The van der Waals surface area contributed by atoms with E-state index in [1.807, 2.05) is 0 Å². The Bertz CT molecular complexity index is 121. The van der Waals surface area contributed by atoms with Crippen molar-refractivity contribution < 1.29 is 5.11 Å². The number of hydrogen-bond donors (Lipinski definition) is 2. The van der Waals surface area contributed by atoms with Gasteiger partial charge in [-0.3, -0.25) is 0 Å². The van der Waals surface area contributed by atoms with E-state index in [4.69, 9.17) is 5.11 Å². The highest BCUT2D eigenvalue weighted by Gasteiger charge is 2.15. The Morgan fingerprint density at radius 1 is 1.07 bits per heavy atom. The van der Waals surface area contributed by atoms with Gasteiger partial charge in [-0.05, 0) is 25.7 Å². The van der Waals surface area contributed by atoms with Gasteiger partial charge in [0.15, 0.2) is 0 Å². The Balaban J connectivity index is 3.87. The maximum Gasteiger partial charge on any atom is 0.0471 e. The van der Waals surface area contributed by atoms with Crippen molar-refractivity contribution in [1.82, 2.24) is 5.32 Å². The fourth-order valence-corrected chi connectivity index (χ4v) is 1.70. The molecular weight excluding hydrogens is 174 g/mol. The largest absolute Gasteiger partial charge is 0.396 e. The summed E-state index contributed by atoms with van der Waals surface area (Å²) in [5.74, 6) is 0.353. The van der Waals surface area contributed by atoms with Crippen LogP contribution in [-0.4, -0.2) is 23.8 Å². The SMILES string of the molecule is CCCC(CCC)NC(C)C(C)CO. The molecule has 0 rings (SSSR count). The van der Waals surface area contributed by atoms with Crippen molar-refractivity contribution in [2.45, 2.75) is 65.5 Å². The van der Waals surface area contributed by atoms with Crippen molar-refractivity contribution >= 4 is 0 Å². The summed E-state index contributed by atoms with van der Waals surface area (Å²) >= 11 is 0. The van der Waals surface area contributed by atoms with Crippen LogP contribution in [-0.2, 0) is 0 Å². The normalized spacial score (nSPS) is 15.9. The zero-order chi connectivity index (χ0) is 11.0. The minimum absolute atomic E-state index is 0.277. The third-order valence-electron chi connectivity index (χ3n) is 2.91. The first-order chi connectivity index (χ1) is 6.65. The molecule has 0 saturated heterocycles. The minimum atomic E-state index is 0.277. The van der Waals surface area contributed by atoms with Gasteiger partial charge in [-0.15, -0.1) is 0 Å². The number of nitrogens with one attached hydrogen (secondary N) is 1. The molecule has 0 fully saturated rings. The van der Waals surface area contributed by atoms with Gasteiger partial charge in [0.25, 0.3) is 0 Å². The molecule has 0 aromatic rings. The molecule has 2 atom stereocenters. The third kappa shape index (κ3) is 5.61. The predicted molar refractivity (Wildman–Crippen MR) is 62.5 cm³/mol. The molecule has 0 aliphatic heterocycles. The predicted octanol–water partition coefficient (Wildman–Crippen LogP) is 2.56. The van der Waals surface area contributed by atoms with Gasteiger partial charge in [0.1, 0.15) is 0 Å². The molecule has 14 heavy (non-hydrogen) atoms. The zero-order valence-electron chi connectivity index (χ0n) is 10.2. The van der Waals surface area contributed by atoms with Crippen LogP contribution >= 0.6 is 0 Å². The molecule has 0 radical (unpaired) electrons. The average Bonchev–Trinajstić information content (AvgIpc) is 2.17. The summed E-state index contributed by atoms with van der Waals surface area (Å²) in [6, 6.07) is 1.05. The first-order valence-corrected chi connectivity index (χ1v) is 6.02. The number of aliphatic hydroxyl groups is 1. The Morgan fingerprint density at radius 3 is 1.93 bits per heavy atom. The molecule has 2 nitrogen and oxygen atoms in total. The molecular formula is C12H27NO. The van der Waals surface area contributed by atoms with Crippen molar-refractivity contribution in [1.29, 1.82) is 0 Å². The van der Waals surface area contributed by atoms with Crippen molar-refractivity contribution in [2.24, 2.45) is 5.92 Å². The van der Waals surface area contributed by atoms with Crippen LogP contribution in [0.25, 0.3) is 0 Å². The maximum absolute atomic E-state index is 9.04. The topological polar surface area (TPSA) is 32.3 Å². The molecule has 0 spiro atoms. The lowest BCUT2D eigenvalue weighted by atomic mass is 10.0. The molecule has 2 N–H and O–H groups in total. The Morgan fingerprint density at radius 2 is 1.57 bits per heavy atom. The van der Waals surface area contributed by atoms with Crippen LogP contribution in [0.15, 0.2) is 0 Å². The molecule has 0 aliphatic carbocycles. The van der Waals surface area contributed by atoms with E-state index >= 15 is 0 Å². The smallest absolute Gasteiger partial charge is 0.0471 e. The summed E-state index contributed by atoms with van der Waals surface area (Å²) in [5.41, 5.74) is 0. The van der Waals surface area contributed by atoms with Gasteiger partial charge in [-0.1, -0.05) is 33.6 Å². The Hall–Kier alpha value is -0.0800. The standard InChI is InChI=1S/C12H27NO/c1-5-7-12(8-6-2)13-11(4)10(3)9-14/h10-14H,5-9H2,1-4H3. The van der Waals surface area contributed by atoms with E-state index in [1.165, 1.54) is 25.7 Å². The molecule has 0 aromatic heterocycles. The highest BCUT2D eigenvalue weighted by atomic mass is 16.3. The lowest BCUT2D eigenvalue weighted by Gasteiger charge is -2.26. The fourth-order valence-electron chi connectivity index (χ4n) is 1.70. The lowest BCUT2D eigenvalue weighted by Crippen LogP contribution is -2.41. The molecule has 0 aromatic carbocycles. The summed E-state index contributed by atoms with van der Waals surface area (Å²) in [6.45, 7) is 8.99. The summed E-state index contributed by atoms with van der Waals surface area (Å²) in [5, 5.41) is 12.6. The van der Waals surface area contributed by atoms with Crippen molar-refractivity contribution in [3.63, 3.8) is 0 Å². The van der Waals surface area contributed by atoms with Crippen molar-refractivity contribution in [3.8, 4) is 0 Å². The van der Waals surface area contributed by atoms with Gasteiger partial charge < -0.3 is 10.4 Å². The third-order valence-corrected chi connectivity index (χ3v) is 2.91. The van der Waals surface area contributed by atoms with E-state index < -0.39 is 0 Å². The molecule has 86 valence electrons. The van der Waals surface area contributed by atoms with Crippen LogP contribution in [0.5, 0.6) is 0 Å². The van der Waals surface area contributed by atoms with Crippen molar-refractivity contribution in [3.05, 3.63) is 0 Å².